The minimum absolute atomic E-state index is 0.0632. The Morgan fingerprint density at radius 1 is 1.35 bits per heavy atom. The average Bonchev–Trinajstić information content (AvgIpc) is 2.91. The second-order valence-electron chi connectivity index (χ2n) is 3.78. The second kappa shape index (κ2) is 5.74. The van der Waals surface area contributed by atoms with Crippen molar-refractivity contribution in [2.45, 2.75) is 0 Å². The number of anilines is 2. The van der Waals surface area contributed by atoms with Crippen LogP contribution < -0.4 is 15.4 Å². The van der Waals surface area contributed by atoms with E-state index in [1.807, 2.05) is 0 Å². The molecule has 0 spiro atoms. The summed E-state index contributed by atoms with van der Waals surface area (Å²) < 4.78 is 4.95. The Morgan fingerprint density at radius 3 is 2.75 bits per heavy atom. The summed E-state index contributed by atoms with van der Waals surface area (Å²) >= 11 is 0. The predicted octanol–water partition coefficient (Wildman–Crippen LogP) is 1.76. The maximum Gasteiger partial charge on any atom is 0.337 e. The first-order valence-corrected chi connectivity index (χ1v) is 5.58. The summed E-state index contributed by atoms with van der Waals surface area (Å²) in [6.07, 6.45) is 2.91. The number of aromatic carboxylic acids is 1. The topological polar surface area (TPSA) is 116 Å². The van der Waals surface area contributed by atoms with Gasteiger partial charge in [-0.25, -0.2) is 9.59 Å². The first-order valence-electron chi connectivity index (χ1n) is 5.58. The third-order valence-electron chi connectivity index (χ3n) is 2.46. The SMILES string of the molecule is COc1ccc(NC(=O)Nc2cn[nH]c2)c(C(=O)O)c1. The molecule has 1 aromatic heterocycles. The minimum Gasteiger partial charge on any atom is -0.497 e. The van der Waals surface area contributed by atoms with Crippen molar-refractivity contribution in [2.75, 3.05) is 17.7 Å². The standard InChI is InChI=1S/C12H12N4O4/c1-20-8-2-3-10(9(4-8)11(17)18)16-12(19)15-7-5-13-14-6-7/h2-6H,1H3,(H,13,14)(H,17,18)(H2,15,16,19). The highest BCUT2D eigenvalue weighted by atomic mass is 16.5. The molecule has 8 heteroatoms. The molecular weight excluding hydrogens is 264 g/mol. The van der Waals surface area contributed by atoms with E-state index in [4.69, 9.17) is 9.84 Å². The van der Waals surface area contributed by atoms with Gasteiger partial charge >= 0.3 is 12.0 Å². The van der Waals surface area contributed by atoms with Crippen molar-refractivity contribution in [3.63, 3.8) is 0 Å². The van der Waals surface area contributed by atoms with E-state index in [1.165, 1.54) is 31.6 Å². The molecule has 1 aromatic carbocycles. The van der Waals surface area contributed by atoms with Crippen molar-refractivity contribution in [1.29, 1.82) is 0 Å². The molecule has 0 saturated carbocycles. The zero-order valence-corrected chi connectivity index (χ0v) is 10.5. The molecule has 0 bridgehead atoms. The van der Waals surface area contributed by atoms with Crippen molar-refractivity contribution < 1.29 is 19.4 Å². The fourth-order valence-electron chi connectivity index (χ4n) is 1.54. The molecule has 2 rings (SSSR count). The highest BCUT2D eigenvalue weighted by Crippen LogP contribution is 2.22. The van der Waals surface area contributed by atoms with Gasteiger partial charge in [0, 0.05) is 6.20 Å². The smallest absolute Gasteiger partial charge is 0.337 e. The lowest BCUT2D eigenvalue weighted by atomic mass is 10.1. The summed E-state index contributed by atoms with van der Waals surface area (Å²) in [5.74, 6) is -0.772. The van der Waals surface area contributed by atoms with Crippen LogP contribution in [-0.4, -0.2) is 34.4 Å². The third-order valence-corrected chi connectivity index (χ3v) is 2.46. The lowest BCUT2D eigenvalue weighted by Gasteiger charge is -2.10. The predicted molar refractivity (Wildman–Crippen MR) is 71.2 cm³/mol. The molecule has 0 aliphatic rings. The lowest BCUT2D eigenvalue weighted by molar-refractivity contribution is 0.0697. The molecule has 0 aliphatic carbocycles. The number of nitrogens with zero attached hydrogens (tertiary/aromatic N) is 1. The van der Waals surface area contributed by atoms with Crippen LogP contribution in [0, 0.1) is 0 Å². The Kier molecular flexibility index (Phi) is 3.85. The Morgan fingerprint density at radius 2 is 2.15 bits per heavy atom. The minimum atomic E-state index is -1.16. The Hall–Kier alpha value is -3.03. The highest BCUT2D eigenvalue weighted by Gasteiger charge is 2.14. The first kappa shape index (κ1) is 13.4. The fourth-order valence-corrected chi connectivity index (χ4v) is 1.54. The van der Waals surface area contributed by atoms with Crippen LogP contribution in [0.2, 0.25) is 0 Å². The molecular formula is C12H12N4O4. The van der Waals surface area contributed by atoms with Crippen LogP contribution in [0.4, 0.5) is 16.2 Å². The van der Waals surface area contributed by atoms with Crippen LogP contribution in [0.3, 0.4) is 0 Å². The van der Waals surface area contributed by atoms with Gasteiger partial charge in [-0.05, 0) is 18.2 Å². The van der Waals surface area contributed by atoms with Crippen molar-refractivity contribution in [2.24, 2.45) is 0 Å². The quantitative estimate of drug-likeness (QED) is 0.679. The Labute approximate surface area is 113 Å². The summed E-state index contributed by atoms with van der Waals surface area (Å²) in [6, 6.07) is 3.77. The number of H-pyrrole nitrogens is 1. The average molecular weight is 276 g/mol. The number of carbonyl (C=O) groups excluding carboxylic acids is 1. The van der Waals surface area contributed by atoms with Gasteiger partial charge in [-0.2, -0.15) is 5.10 Å². The molecule has 20 heavy (non-hydrogen) atoms. The number of nitrogens with one attached hydrogen (secondary N) is 3. The van der Waals surface area contributed by atoms with E-state index in [0.29, 0.717) is 11.4 Å². The monoisotopic (exact) mass is 276 g/mol. The van der Waals surface area contributed by atoms with Gasteiger partial charge in [0.15, 0.2) is 0 Å². The molecule has 0 saturated heterocycles. The fraction of sp³-hybridized carbons (Fsp3) is 0.0833. The van der Waals surface area contributed by atoms with Crippen molar-refractivity contribution in [3.05, 3.63) is 36.2 Å². The molecule has 0 aliphatic heterocycles. The van der Waals surface area contributed by atoms with Gasteiger partial charge in [-0.1, -0.05) is 0 Å². The number of urea groups is 1. The first-order chi connectivity index (χ1) is 9.60. The van der Waals surface area contributed by atoms with Gasteiger partial charge in [-0.3, -0.25) is 5.10 Å². The highest BCUT2D eigenvalue weighted by molar-refractivity contribution is 6.04. The number of aromatic nitrogens is 2. The van der Waals surface area contributed by atoms with E-state index in [-0.39, 0.29) is 11.3 Å². The number of hydrogen-bond donors (Lipinski definition) is 4. The second-order valence-corrected chi connectivity index (χ2v) is 3.78. The zero-order chi connectivity index (χ0) is 14.5. The molecule has 0 fully saturated rings. The maximum absolute atomic E-state index is 11.7. The van der Waals surface area contributed by atoms with Crippen LogP contribution in [0.25, 0.3) is 0 Å². The molecule has 8 nitrogen and oxygen atoms in total. The number of amides is 2. The van der Waals surface area contributed by atoms with E-state index in [9.17, 15) is 9.59 Å². The van der Waals surface area contributed by atoms with Crippen LogP contribution >= 0.6 is 0 Å². The zero-order valence-electron chi connectivity index (χ0n) is 10.5. The van der Waals surface area contributed by atoms with Crippen molar-refractivity contribution >= 4 is 23.4 Å². The maximum atomic E-state index is 11.7. The van der Waals surface area contributed by atoms with Crippen LogP contribution in [-0.2, 0) is 0 Å². The van der Waals surface area contributed by atoms with E-state index >= 15 is 0 Å². The van der Waals surface area contributed by atoms with Gasteiger partial charge in [-0.15, -0.1) is 0 Å². The number of hydrogen-bond acceptors (Lipinski definition) is 4. The molecule has 0 unspecified atom stereocenters. The molecule has 2 aromatic rings. The summed E-state index contributed by atoms with van der Waals surface area (Å²) in [6.45, 7) is 0. The van der Waals surface area contributed by atoms with E-state index in [1.54, 1.807) is 6.07 Å². The Balaban J connectivity index is 2.16. The van der Waals surface area contributed by atoms with Crippen LogP contribution in [0.5, 0.6) is 5.75 Å². The number of ether oxygens (including phenoxy) is 1. The van der Waals surface area contributed by atoms with Gasteiger partial charge in [0.2, 0.25) is 0 Å². The molecule has 0 radical (unpaired) electrons. The number of aromatic amines is 1. The van der Waals surface area contributed by atoms with Gasteiger partial charge in [0.25, 0.3) is 0 Å². The van der Waals surface area contributed by atoms with E-state index in [0.717, 1.165) is 0 Å². The molecule has 104 valence electrons. The molecule has 2 amide bonds. The van der Waals surface area contributed by atoms with Gasteiger partial charge in [0.1, 0.15) is 5.75 Å². The summed E-state index contributed by atoms with van der Waals surface area (Å²) in [7, 11) is 1.43. The van der Waals surface area contributed by atoms with Gasteiger partial charge < -0.3 is 20.5 Å². The largest absolute Gasteiger partial charge is 0.497 e. The number of benzene rings is 1. The van der Waals surface area contributed by atoms with Crippen LogP contribution in [0.1, 0.15) is 10.4 Å². The normalized spacial score (nSPS) is 9.85. The molecule has 4 N–H and O–H groups in total. The van der Waals surface area contributed by atoms with Crippen LogP contribution in [0.15, 0.2) is 30.6 Å². The number of carboxylic acids is 1. The van der Waals surface area contributed by atoms with E-state index in [2.05, 4.69) is 20.8 Å². The molecule has 1 heterocycles. The number of methoxy groups -OCH3 is 1. The number of carbonyl (C=O) groups is 2. The Bertz CT molecular complexity index is 624. The van der Waals surface area contributed by atoms with Crippen molar-refractivity contribution in [1.82, 2.24) is 10.2 Å². The molecule has 0 atom stereocenters. The van der Waals surface area contributed by atoms with Gasteiger partial charge in [0.05, 0.1) is 30.2 Å². The third kappa shape index (κ3) is 3.05. The summed E-state index contributed by atoms with van der Waals surface area (Å²) in [5.41, 5.74) is 0.568. The summed E-state index contributed by atoms with van der Waals surface area (Å²) in [4.78, 5) is 22.9. The number of carboxylic acid groups (broad SMARTS) is 1. The van der Waals surface area contributed by atoms with Crippen molar-refractivity contribution in [3.8, 4) is 5.75 Å². The van der Waals surface area contributed by atoms with E-state index < -0.39 is 12.0 Å². The lowest BCUT2D eigenvalue weighted by Crippen LogP contribution is -2.20. The summed E-state index contributed by atoms with van der Waals surface area (Å²) in [5, 5.41) is 20.3. The number of rotatable bonds is 4.